The smallest absolute Gasteiger partial charge is 0.0731 e. The van der Waals surface area contributed by atoms with Gasteiger partial charge in [0.1, 0.15) is 0 Å². The van der Waals surface area contributed by atoms with Crippen molar-refractivity contribution in [3.8, 4) is 12.1 Å². The van der Waals surface area contributed by atoms with E-state index in [9.17, 15) is 0 Å². The van der Waals surface area contributed by atoms with Crippen molar-refractivity contribution in [2.45, 2.75) is 18.3 Å². The third-order valence-corrected chi connectivity index (χ3v) is 2.53. The van der Waals surface area contributed by atoms with Gasteiger partial charge in [0.15, 0.2) is 0 Å². The van der Waals surface area contributed by atoms with Gasteiger partial charge in [-0.15, -0.1) is 0 Å². The zero-order chi connectivity index (χ0) is 9.26. The Kier molecular flexibility index (Phi) is 1.76. The molecule has 1 aliphatic rings. The highest BCUT2D eigenvalue weighted by atomic mass is 14.4. The lowest BCUT2D eigenvalue weighted by Crippen LogP contribution is -1.87. The normalized spacial score (nSPS) is 24.5. The zero-order valence-corrected chi connectivity index (χ0v) is 7.07. The molecular formula is C11H8N2. The monoisotopic (exact) mass is 168 g/mol. The topological polar surface area (TPSA) is 47.6 Å². The van der Waals surface area contributed by atoms with E-state index in [0.29, 0.717) is 6.42 Å². The van der Waals surface area contributed by atoms with Crippen LogP contribution in [0.4, 0.5) is 0 Å². The molecule has 0 bridgehead atoms. The molecule has 2 unspecified atom stereocenters. The average molecular weight is 168 g/mol. The lowest BCUT2D eigenvalue weighted by molar-refractivity contribution is 0.767. The minimum atomic E-state index is -0.0825. The van der Waals surface area contributed by atoms with E-state index in [1.54, 1.807) is 0 Å². The summed E-state index contributed by atoms with van der Waals surface area (Å²) in [4.78, 5) is 0. The Balaban J connectivity index is 2.53. The lowest BCUT2D eigenvalue weighted by atomic mass is 10.0. The van der Waals surface area contributed by atoms with Crippen LogP contribution in [0.25, 0.3) is 0 Å². The summed E-state index contributed by atoms with van der Waals surface area (Å²) in [6.07, 6.45) is 0.659. The summed E-state index contributed by atoms with van der Waals surface area (Å²) in [5.74, 6) is -0.165. The van der Waals surface area contributed by atoms with E-state index in [0.717, 1.165) is 11.1 Å². The van der Waals surface area contributed by atoms with Crippen LogP contribution >= 0.6 is 0 Å². The Bertz CT molecular complexity index is 370. The number of fused-ring (bicyclic) bond motifs is 1. The molecule has 0 radical (unpaired) electrons. The van der Waals surface area contributed by atoms with Gasteiger partial charge < -0.3 is 0 Å². The number of nitrogens with zero attached hydrogens (tertiary/aromatic N) is 2. The minimum absolute atomic E-state index is 0.0825. The first-order valence-corrected chi connectivity index (χ1v) is 4.25. The van der Waals surface area contributed by atoms with Crippen molar-refractivity contribution in [2.75, 3.05) is 0 Å². The second-order valence-corrected chi connectivity index (χ2v) is 3.23. The highest BCUT2D eigenvalue weighted by molar-refractivity contribution is 5.44. The molecule has 0 saturated carbocycles. The molecule has 62 valence electrons. The fourth-order valence-corrected chi connectivity index (χ4v) is 1.88. The molecule has 2 rings (SSSR count). The van der Waals surface area contributed by atoms with Crippen molar-refractivity contribution in [3.63, 3.8) is 0 Å². The minimum Gasteiger partial charge on any atom is -0.198 e. The summed E-state index contributed by atoms with van der Waals surface area (Å²) in [7, 11) is 0. The van der Waals surface area contributed by atoms with Crippen molar-refractivity contribution >= 4 is 0 Å². The first-order valence-electron chi connectivity index (χ1n) is 4.25. The van der Waals surface area contributed by atoms with E-state index >= 15 is 0 Å². The molecule has 0 N–H and O–H groups in total. The van der Waals surface area contributed by atoms with Gasteiger partial charge in [0.25, 0.3) is 0 Å². The highest BCUT2D eigenvalue weighted by Crippen LogP contribution is 2.40. The standard InChI is InChI=1S/C11H8N2/c12-6-8-5-9(7-13)11-4-2-1-3-10(8)11/h1-4,8-9H,5H2. The number of hydrogen-bond donors (Lipinski definition) is 0. The van der Waals surface area contributed by atoms with E-state index in [4.69, 9.17) is 10.5 Å². The van der Waals surface area contributed by atoms with Gasteiger partial charge in [0, 0.05) is 0 Å². The van der Waals surface area contributed by atoms with Crippen LogP contribution in [-0.4, -0.2) is 0 Å². The van der Waals surface area contributed by atoms with Crippen molar-refractivity contribution in [1.29, 1.82) is 10.5 Å². The quantitative estimate of drug-likeness (QED) is 0.596. The van der Waals surface area contributed by atoms with Gasteiger partial charge >= 0.3 is 0 Å². The van der Waals surface area contributed by atoms with Crippen molar-refractivity contribution in [3.05, 3.63) is 35.4 Å². The van der Waals surface area contributed by atoms with Crippen molar-refractivity contribution in [2.24, 2.45) is 0 Å². The largest absolute Gasteiger partial charge is 0.198 e. The molecule has 0 aromatic heterocycles. The van der Waals surface area contributed by atoms with E-state index in [-0.39, 0.29) is 11.8 Å². The molecule has 0 aliphatic heterocycles. The third-order valence-electron chi connectivity index (χ3n) is 2.53. The molecule has 0 spiro atoms. The summed E-state index contributed by atoms with van der Waals surface area (Å²) >= 11 is 0. The van der Waals surface area contributed by atoms with Crippen LogP contribution in [0.1, 0.15) is 29.4 Å². The Morgan fingerprint density at radius 3 is 1.85 bits per heavy atom. The van der Waals surface area contributed by atoms with E-state index < -0.39 is 0 Å². The highest BCUT2D eigenvalue weighted by Gasteiger charge is 2.30. The molecule has 1 aromatic carbocycles. The predicted octanol–water partition coefficient (Wildman–Crippen LogP) is 2.30. The Hall–Kier alpha value is -1.80. The molecule has 1 aliphatic carbocycles. The van der Waals surface area contributed by atoms with E-state index in [1.165, 1.54) is 0 Å². The van der Waals surface area contributed by atoms with E-state index in [2.05, 4.69) is 12.1 Å². The summed E-state index contributed by atoms with van der Waals surface area (Å²) in [6.45, 7) is 0. The van der Waals surface area contributed by atoms with Gasteiger partial charge in [-0.3, -0.25) is 0 Å². The second-order valence-electron chi connectivity index (χ2n) is 3.23. The predicted molar refractivity (Wildman–Crippen MR) is 47.8 cm³/mol. The van der Waals surface area contributed by atoms with E-state index in [1.807, 2.05) is 24.3 Å². The summed E-state index contributed by atoms with van der Waals surface area (Å²) in [6, 6.07) is 12.2. The molecule has 2 atom stereocenters. The zero-order valence-electron chi connectivity index (χ0n) is 7.07. The van der Waals surface area contributed by atoms with Crippen LogP contribution < -0.4 is 0 Å². The molecule has 13 heavy (non-hydrogen) atoms. The van der Waals surface area contributed by atoms with Crippen LogP contribution in [0.2, 0.25) is 0 Å². The number of benzene rings is 1. The molecule has 0 saturated heterocycles. The SMILES string of the molecule is N#CC1CC(C#N)c2ccccc21. The number of nitriles is 2. The van der Waals surface area contributed by atoms with Crippen LogP contribution in [0, 0.1) is 22.7 Å². The van der Waals surface area contributed by atoms with Crippen molar-refractivity contribution in [1.82, 2.24) is 0 Å². The third kappa shape index (κ3) is 1.08. The lowest BCUT2D eigenvalue weighted by Gasteiger charge is -1.99. The molecule has 0 amide bonds. The molecule has 0 fully saturated rings. The molecule has 2 heteroatoms. The van der Waals surface area contributed by atoms with Crippen LogP contribution in [0.3, 0.4) is 0 Å². The molecule has 2 nitrogen and oxygen atoms in total. The molecule has 1 aromatic rings. The number of hydrogen-bond acceptors (Lipinski definition) is 2. The Morgan fingerprint density at radius 1 is 1.00 bits per heavy atom. The van der Waals surface area contributed by atoms with Gasteiger partial charge in [-0.25, -0.2) is 0 Å². The molecular weight excluding hydrogens is 160 g/mol. The Morgan fingerprint density at radius 2 is 1.46 bits per heavy atom. The van der Waals surface area contributed by atoms with Gasteiger partial charge in [0.2, 0.25) is 0 Å². The maximum atomic E-state index is 8.87. The van der Waals surface area contributed by atoms with Gasteiger partial charge in [-0.2, -0.15) is 10.5 Å². The van der Waals surface area contributed by atoms with Gasteiger partial charge in [0.05, 0.1) is 24.0 Å². The van der Waals surface area contributed by atoms with Crippen molar-refractivity contribution < 1.29 is 0 Å². The second kappa shape index (κ2) is 2.92. The summed E-state index contributed by atoms with van der Waals surface area (Å²) in [5.41, 5.74) is 2.08. The van der Waals surface area contributed by atoms with Gasteiger partial charge in [-0.05, 0) is 17.5 Å². The fourth-order valence-electron chi connectivity index (χ4n) is 1.88. The maximum Gasteiger partial charge on any atom is 0.0731 e. The first kappa shape index (κ1) is 7.83. The van der Waals surface area contributed by atoms with Crippen LogP contribution in [-0.2, 0) is 0 Å². The maximum absolute atomic E-state index is 8.87. The first-order chi connectivity index (χ1) is 6.36. The van der Waals surface area contributed by atoms with Crippen LogP contribution in [0.5, 0.6) is 0 Å². The summed E-state index contributed by atoms with van der Waals surface area (Å²) in [5, 5.41) is 17.7. The number of rotatable bonds is 0. The summed E-state index contributed by atoms with van der Waals surface area (Å²) < 4.78 is 0. The Labute approximate surface area is 77.0 Å². The molecule has 0 heterocycles. The van der Waals surface area contributed by atoms with Crippen LogP contribution in [0.15, 0.2) is 24.3 Å². The fraction of sp³-hybridized carbons (Fsp3) is 0.273. The average Bonchev–Trinajstić information content (AvgIpc) is 2.56. The van der Waals surface area contributed by atoms with Gasteiger partial charge in [-0.1, -0.05) is 24.3 Å².